The highest BCUT2D eigenvalue weighted by atomic mass is 35.5. The van der Waals surface area contributed by atoms with Gasteiger partial charge < -0.3 is 5.11 Å². The van der Waals surface area contributed by atoms with Crippen molar-refractivity contribution in [2.24, 2.45) is 5.92 Å². The fourth-order valence-electron chi connectivity index (χ4n) is 2.82. The standard InChI is InChI=1S/C19H24ClNO4S/c20-17-7-4-6-16(13-17)11-12-26(24,25)21-18-10-9-15(14-18)5-2-1-3-8-19(22)23/h2,4-7,13-15,21H,1,3,8-12H2,(H,22,23). The van der Waals surface area contributed by atoms with Crippen LogP contribution in [0.4, 0.5) is 0 Å². The number of aliphatic carboxylic acids is 1. The van der Waals surface area contributed by atoms with Gasteiger partial charge in [-0.3, -0.25) is 9.52 Å². The number of sulfonamides is 1. The smallest absolute Gasteiger partial charge is 0.303 e. The second-order valence-electron chi connectivity index (χ2n) is 6.41. The summed E-state index contributed by atoms with van der Waals surface area (Å²) in [5, 5.41) is 9.19. The quantitative estimate of drug-likeness (QED) is 0.463. The zero-order chi connectivity index (χ0) is 19.0. The first kappa shape index (κ1) is 20.5. The number of carboxylic acid groups (broad SMARTS) is 1. The molecule has 0 aromatic heterocycles. The molecule has 0 heterocycles. The van der Waals surface area contributed by atoms with Gasteiger partial charge in [-0.05, 0) is 55.7 Å². The Labute approximate surface area is 159 Å². The Morgan fingerprint density at radius 1 is 1.38 bits per heavy atom. The van der Waals surface area contributed by atoms with Crippen LogP contribution in [0.5, 0.6) is 0 Å². The van der Waals surface area contributed by atoms with Gasteiger partial charge in [0.05, 0.1) is 5.75 Å². The van der Waals surface area contributed by atoms with Gasteiger partial charge in [0, 0.05) is 17.1 Å². The lowest BCUT2D eigenvalue weighted by Crippen LogP contribution is -2.26. The van der Waals surface area contributed by atoms with E-state index in [2.05, 4.69) is 4.72 Å². The van der Waals surface area contributed by atoms with Gasteiger partial charge in [0.2, 0.25) is 10.0 Å². The van der Waals surface area contributed by atoms with E-state index >= 15 is 0 Å². The monoisotopic (exact) mass is 397 g/mol. The molecule has 1 atom stereocenters. The van der Waals surface area contributed by atoms with Crippen molar-refractivity contribution in [2.45, 2.75) is 38.5 Å². The number of benzene rings is 1. The molecule has 0 saturated heterocycles. The predicted molar refractivity (Wildman–Crippen MR) is 104 cm³/mol. The van der Waals surface area contributed by atoms with Crippen LogP contribution in [0.1, 0.15) is 37.7 Å². The summed E-state index contributed by atoms with van der Waals surface area (Å²) in [6.07, 6.45) is 9.41. The SMILES string of the molecule is O=C(O)CCCC=CC1C=C(NS(=O)(=O)CCc2cccc(Cl)c2)CC1. The maximum atomic E-state index is 12.3. The van der Waals surface area contributed by atoms with Gasteiger partial charge in [-0.2, -0.15) is 0 Å². The molecule has 1 aromatic rings. The average molecular weight is 398 g/mol. The van der Waals surface area contributed by atoms with Crippen LogP contribution in [0, 0.1) is 5.92 Å². The van der Waals surface area contributed by atoms with Crippen molar-refractivity contribution >= 4 is 27.6 Å². The van der Waals surface area contributed by atoms with Crippen molar-refractivity contribution < 1.29 is 18.3 Å². The maximum absolute atomic E-state index is 12.3. The van der Waals surface area contributed by atoms with Gasteiger partial charge in [0.1, 0.15) is 0 Å². The Kier molecular flexibility index (Phi) is 7.72. The molecule has 0 fully saturated rings. The normalized spacial score (nSPS) is 17.4. The Bertz CT molecular complexity index is 786. The van der Waals surface area contributed by atoms with Crippen LogP contribution in [-0.2, 0) is 21.2 Å². The number of halogens is 1. The zero-order valence-electron chi connectivity index (χ0n) is 14.5. The molecule has 0 amide bonds. The predicted octanol–water partition coefficient (Wildman–Crippen LogP) is 3.91. The van der Waals surface area contributed by atoms with E-state index in [1.165, 1.54) is 0 Å². The van der Waals surface area contributed by atoms with E-state index in [0.29, 0.717) is 24.3 Å². The summed E-state index contributed by atoms with van der Waals surface area (Å²) in [5.74, 6) is -0.570. The molecule has 26 heavy (non-hydrogen) atoms. The first-order chi connectivity index (χ1) is 12.3. The van der Waals surface area contributed by atoms with Gasteiger partial charge in [0.15, 0.2) is 0 Å². The maximum Gasteiger partial charge on any atom is 0.303 e. The third-order valence-corrected chi connectivity index (χ3v) is 5.69. The molecule has 142 valence electrons. The second kappa shape index (κ2) is 9.78. The number of aryl methyl sites for hydroxylation is 1. The number of carboxylic acids is 1. The molecule has 2 rings (SSSR count). The van der Waals surface area contributed by atoms with Crippen LogP contribution in [0.2, 0.25) is 5.02 Å². The molecule has 0 radical (unpaired) electrons. The van der Waals surface area contributed by atoms with Gasteiger partial charge >= 0.3 is 5.97 Å². The van der Waals surface area contributed by atoms with Crippen molar-refractivity contribution in [3.8, 4) is 0 Å². The molecule has 0 spiro atoms. The number of hydrogen-bond acceptors (Lipinski definition) is 3. The number of allylic oxidation sites excluding steroid dienone is 4. The Morgan fingerprint density at radius 3 is 2.92 bits per heavy atom. The van der Waals surface area contributed by atoms with Crippen LogP contribution in [0.25, 0.3) is 0 Å². The van der Waals surface area contributed by atoms with E-state index in [0.717, 1.165) is 24.1 Å². The van der Waals surface area contributed by atoms with E-state index in [9.17, 15) is 13.2 Å². The first-order valence-corrected chi connectivity index (χ1v) is 10.7. The van der Waals surface area contributed by atoms with E-state index in [1.807, 2.05) is 30.4 Å². The van der Waals surface area contributed by atoms with E-state index < -0.39 is 16.0 Å². The van der Waals surface area contributed by atoms with E-state index in [1.54, 1.807) is 12.1 Å². The summed E-state index contributed by atoms with van der Waals surface area (Å²) < 4.78 is 27.2. The van der Waals surface area contributed by atoms with Crippen molar-refractivity contribution in [1.82, 2.24) is 4.72 Å². The molecular weight excluding hydrogens is 374 g/mol. The summed E-state index contributed by atoms with van der Waals surface area (Å²) in [6, 6.07) is 7.21. The Balaban J connectivity index is 1.79. The van der Waals surface area contributed by atoms with Crippen LogP contribution < -0.4 is 4.72 Å². The van der Waals surface area contributed by atoms with Gasteiger partial charge in [-0.1, -0.05) is 42.0 Å². The second-order valence-corrected chi connectivity index (χ2v) is 8.69. The lowest BCUT2D eigenvalue weighted by Gasteiger charge is -2.08. The highest BCUT2D eigenvalue weighted by Gasteiger charge is 2.18. The lowest BCUT2D eigenvalue weighted by atomic mass is 10.1. The van der Waals surface area contributed by atoms with Gasteiger partial charge in [-0.25, -0.2) is 8.42 Å². The molecule has 5 nitrogen and oxygen atoms in total. The summed E-state index contributed by atoms with van der Waals surface area (Å²) in [5.41, 5.74) is 1.63. The van der Waals surface area contributed by atoms with E-state index in [-0.39, 0.29) is 18.1 Å². The average Bonchev–Trinajstić information content (AvgIpc) is 2.99. The minimum absolute atomic E-state index is 0.0143. The Hall–Kier alpha value is -1.79. The largest absolute Gasteiger partial charge is 0.481 e. The molecule has 0 aliphatic heterocycles. The summed E-state index contributed by atoms with van der Waals surface area (Å²) in [6.45, 7) is 0. The van der Waals surface area contributed by atoms with E-state index in [4.69, 9.17) is 16.7 Å². The topological polar surface area (TPSA) is 83.5 Å². The highest BCUT2D eigenvalue weighted by molar-refractivity contribution is 7.89. The molecule has 0 saturated carbocycles. The summed E-state index contributed by atoms with van der Waals surface area (Å²) >= 11 is 5.92. The summed E-state index contributed by atoms with van der Waals surface area (Å²) in [7, 11) is -3.39. The molecule has 1 unspecified atom stereocenters. The molecule has 2 N–H and O–H groups in total. The molecular formula is C19H24ClNO4S. The molecule has 1 aliphatic carbocycles. The van der Waals surface area contributed by atoms with Crippen molar-refractivity contribution in [3.05, 3.63) is 58.8 Å². The van der Waals surface area contributed by atoms with Crippen LogP contribution in [0.15, 0.2) is 48.2 Å². The van der Waals surface area contributed by atoms with Crippen molar-refractivity contribution in [3.63, 3.8) is 0 Å². The molecule has 1 aromatic carbocycles. The zero-order valence-corrected chi connectivity index (χ0v) is 16.1. The molecule has 0 bridgehead atoms. The fourth-order valence-corrected chi connectivity index (χ4v) is 4.21. The van der Waals surface area contributed by atoms with Gasteiger partial charge in [-0.15, -0.1) is 0 Å². The third kappa shape index (κ3) is 7.62. The van der Waals surface area contributed by atoms with Crippen molar-refractivity contribution in [1.29, 1.82) is 0 Å². The first-order valence-electron chi connectivity index (χ1n) is 8.68. The van der Waals surface area contributed by atoms with Crippen LogP contribution in [0.3, 0.4) is 0 Å². The highest BCUT2D eigenvalue weighted by Crippen LogP contribution is 2.24. The Morgan fingerprint density at radius 2 is 2.19 bits per heavy atom. The third-order valence-electron chi connectivity index (χ3n) is 4.14. The number of unbranched alkanes of at least 4 members (excludes halogenated alkanes) is 1. The van der Waals surface area contributed by atoms with Gasteiger partial charge in [0.25, 0.3) is 0 Å². The van der Waals surface area contributed by atoms with Crippen LogP contribution in [-0.4, -0.2) is 25.2 Å². The lowest BCUT2D eigenvalue weighted by molar-refractivity contribution is -0.137. The number of nitrogens with one attached hydrogen (secondary N) is 1. The van der Waals surface area contributed by atoms with Crippen LogP contribution >= 0.6 is 11.6 Å². The summed E-state index contributed by atoms with van der Waals surface area (Å²) in [4.78, 5) is 10.4. The van der Waals surface area contributed by atoms with Crippen molar-refractivity contribution in [2.75, 3.05) is 5.75 Å². The minimum Gasteiger partial charge on any atom is -0.481 e. The number of carbonyl (C=O) groups is 1. The fraction of sp³-hybridized carbons (Fsp3) is 0.421. The minimum atomic E-state index is -3.39. The number of rotatable bonds is 10. The number of hydrogen-bond donors (Lipinski definition) is 2. The molecule has 1 aliphatic rings. The molecule has 7 heteroatoms.